The summed E-state index contributed by atoms with van der Waals surface area (Å²) < 4.78 is 14.8. The second-order valence-corrected chi connectivity index (χ2v) is 5.93. The van der Waals surface area contributed by atoms with E-state index in [4.69, 9.17) is 13.3 Å². The molecule has 1 aromatic rings. The highest BCUT2D eigenvalue weighted by Crippen LogP contribution is 2.11. The van der Waals surface area contributed by atoms with Crippen molar-refractivity contribution in [1.29, 1.82) is 0 Å². The fourth-order valence-corrected chi connectivity index (χ4v) is 3.09. The fourth-order valence-electron chi connectivity index (χ4n) is 1.38. The van der Waals surface area contributed by atoms with Crippen LogP contribution in [0.4, 0.5) is 0 Å². The van der Waals surface area contributed by atoms with E-state index in [1.54, 1.807) is 30.3 Å². The maximum atomic E-state index is 11.2. The Morgan fingerprint density at radius 3 is 1.67 bits per heavy atom. The van der Waals surface area contributed by atoms with Gasteiger partial charge in [-0.25, -0.2) is 0 Å². The lowest BCUT2D eigenvalue weighted by atomic mass is 10.2. The van der Waals surface area contributed by atoms with Gasteiger partial charge in [0.25, 0.3) is 17.9 Å². The van der Waals surface area contributed by atoms with Crippen molar-refractivity contribution >= 4 is 26.7 Å². The minimum atomic E-state index is -4.08. The predicted octanol–water partition coefficient (Wildman–Crippen LogP) is 1.21. The van der Waals surface area contributed by atoms with Crippen molar-refractivity contribution < 1.29 is 27.7 Å². The average molecular weight is 306 g/mol. The van der Waals surface area contributed by atoms with Gasteiger partial charge in [-0.2, -0.15) is 0 Å². The molecule has 0 heterocycles. The van der Waals surface area contributed by atoms with Crippen LogP contribution in [-0.4, -0.2) is 26.7 Å². The van der Waals surface area contributed by atoms with Crippen molar-refractivity contribution in [3.63, 3.8) is 0 Å². The van der Waals surface area contributed by atoms with E-state index >= 15 is 0 Å². The molecule has 1 aromatic carbocycles. The van der Waals surface area contributed by atoms with Gasteiger partial charge in [0.05, 0.1) is 0 Å². The molecular weight excluding hydrogens is 292 g/mol. The molecule has 0 saturated carbocycles. The van der Waals surface area contributed by atoms with Crippen molar-refractivity contribution in [2.24, 2.45) is 0 Å². The van der Waals surface area contributed by atoms with Gasteiger partial charge in [0, 0.05) is 31.9 Å². The lowest BCUT2D eigenvalue weighted by Crippen LogP contribution is -2.48. The minimum Gasteiger partial charge on any atom is -0.446 e. The highest BCUT2D eigenvalue weighted by molar-refractivity contribution is 6.73. The zero-order valence-electron chi connectivity index (χ0n) is 11.8. The summed E-state index contributed by atoms with van der Waals surface area (Å²) in [5.74, 6) is 0.408. The topological polar surface area (TPSA) is 78.9 Å². The first-order valence-corrected chi connectivity index (χ1v) is 7.72. The van der Waals surface area contributed by atoms with E-state index in [-0.39, 0.29) is 0 Å². The lowest BCUT2D eigenvalue weighted by Gasteiger charge is -2.20. The summed E-state index contributed by atoms with van der Waals surface area (Å²) >= 11 is 0. The van der Waals surface area contributed by atoms with E-state index in [2.05, 4.69) is 11.5 Å². The highest BCUT2D eigenvalue weighted by atomic mass is 28.4. The summed E-state index contributed by atoms with van der Waals surface area (Å²) in [5, 5.41) is 0. The van der Waals surface area contributed by atoms with Gasteiger partial charge in [0.2, 0.25) is 0 Å². The molecule has 0 aliphatic heterocycles. The van der Waals surface area contributed by atoms with Crippen LogP contribution < -0.4 is 0 Å². The monoisotopic (exact) mass is 306 g/mol. The van der Waals surface area contributed by atoms with Crippen LogP contribution in [0.15, 0.2) is 30.3 Å². The zero-order chi connectivity index (χ0) is 15.9. The molecule has 0 aliphatic carbocycles. The van der Waals surface area contributed by atoms with E-state index in [9.17, 15) is 14.4 Å². The minimum absolute atomic E-state index is 0.598. The number of benzene rings is 1. The van der Waals surface area contributed by atoms with Crippen LogP contribution in [0.3, 0.4) is 0 Å². The number of carbonyl (C=O) groups excluding carboxylic acids is 3. The summed E-state index contributed by atoms with van der Waals surface area (Å²) in [6, 6.07) is 8.75. The Bertz CT molecular complexity index is 558. The Morgan fingerprint density at radius 1 is 0.857 bits per heavy atom. The fraction of sp³-hybridized carbons (Fsp3) is 0.214. The van der Waals surface area contributed by atoms with Crippen molar-refractivity contribution in [2.45, 2.75) is 20.8 Å². The molecule has 21 heavy (non-hydrogen) atoms. The Morgan fingerprint density at radius 2 is 1.29 bits per heavy atom. The zero-order valence-corrected chi connectivity index (χ0v) is 12.8. The first kappa shape index (κ1) is 16.5. The Hall–Kier alpha value is -2.59. The van der Waals surface area contributed by atoms with Crippen LogP contribution in [0.2, 0.25) is 0 Å². The van der Waals surface area contributed by atoms with Gasteiger partial charge in [-0.05, 0) is 12.1 Å². The van der Waals surface area contributed by atoms with Gasteiger partial charge in [-0.1, -0.05) is 24.1 Å². The molecule has 0 bridgehead atoms. The van der Waals surface area contributed by atoms with Crippen molar-refractivity contribution in [3.8, 4) is 11.5 Å². The maximum Gasteiger partial charge on any atom is 0.799 e. The number of hydrogen-bond acceptors (Lipinski definition) is 6. The van der Waals surface area contributed by atoms with E-state index in [0.29, 0.717) is 5.56 Å². The molecule has 7 heteroatoms. The summed E-state index contributed by atoms with van der Waals surface area (Å²) in [7, 11) is -4.08. The molecule has 110 valence electrons. The van der Waals surface area contributed by atoms with Crippen molar-refractivity contribution in [3.05, 3.63) is 35.9 Å². The molecule has 0 saturated heterocycles. The molecule has 0 N–H and O–H groups in total. The molecule has 0 fully saturated rings. The Labute approximate surface area is 123 Å². The SMILES string of the molecule is CC(=O)O[Si](C#Cc1ccccc1)(OC(C)=O)OC(C)=O. The Balaban J connectivity index is 3.20. The first-order valence-electron chi connectivity index (χ1n) is 6.00. The quantitative estimate of drug-likeness (QED) is 0.617. The van der Waals surface area contributed by atoms with E-state index in [0.717, 1.165) is 20.8 Å². The normalized spacial score (nSPS) is 9.86. The molecule has 0 aromatic heterocycles. The maximum absolute atomic E-state index is 11.2. The molecule has 6 nitrogen and oxygen atoms in total. The Kier molecular flexibility index (Phi) is 5.69. The van der Waals surface area contributed by atoms with E-state index < -0.39 is 26.7 Å². The average Bonchev–Trinajstić information content (AvgIpc) is 2.35. The van der Waals surface area contributed by atoms with Gasteiger partial charge >= 0.3 is 8.80 Å². The van der Waals surface area contributed by atoms with Gasteiger partial charge in [-0.3, -0.25) is 14.4 Å². The largest absolute Gasteiger partial charge is 0.799 e. The number of carbonyl (C=O) groups is 3. The third-order valence-electron chi connectivity index (χ3n) is 1.97. The molecular formula is C14H14O6Si. The van der Waals surface area contributed by atoms with Crippen molar-refractivity contribution in [2.75, 3.05) is 0 Å². The van der Waals surface area contributed by atoms with Crippen LogP contribution in [0.5, 0.6) is 0 Å². The van der Waals surface area contributed by atoms with Crippen LogP contribution in [0, 0.1) is 11.5 Å². The second-order valence-electron chi connectivity index (χ2n) is 3.95. The highest BCUT2D eigenvalue weighted by Gasteiger charge is 2.51. The smallest absolute Gasteiger partial charge is 0.446 e. The molecule has 0 aliphatic rings. The van der Waals surface area contributed by atoms with Gasteiger partial charge < -0.3 is 13.3 Å². The predicted molar refractivity (Wildman–Crippen MR) is 74.4 cm³/mol. The standard InChI is InChI=1S/C14H14O6Si/c1-11(15)18-21(19-12(2)16,20-13(3)17)10-9-14-7-5-4-6-8-14/h4-8H,1-3H3. The first-order chi connectivity index (χ1) is 9.83. The number of rotatable bonds is 3. The van der Waals surface area contributed by atoms with Gasteiger partial charge in [-0.15, -0.1) is 0 Å². The summed E-state index contributed by atoms with van der Waals surface area (Å²) in [6.07, 6.45) is 0. The molecule has 0 unspecified atom stereocenters. The van der Waals surface area contributed by atoms with Gasteiger partial charge in [0.15, 0.2) is 0 Å². The third-order valence-corrected chi connectivity index (χ3v) is 4.07. The molecule has 0 atom stereocenters. The number of hydrogen-bond donors (Lipinski definition) is 0. The van der Waals surface area contributed by atoms with E-state index in [1.807, 2.05) is 0 Å². The molecule has 0 radical (unpaired) electrons. The van der Waals surface area contributed by atoms with E-state index in [1.165, 1.54) is 0 Å². The molecule has 1 rings (SSSR count). The summed E-state index contributed by atoms with van der Waals surface area (Å²) in [4.78, 5) is 33.6. The van der Waals surface area contributed by atoms with Crippen LogP contribution in [0.25, 0.3) is 0 Å². The lowest BCUT2D eigenvalue weighted by molar-refractivity contribution is -0.146. The van der Waals surface area contributed by atoms with Crippen molar-refractivity contribution in [1.82, 2.24) is 0 Å². The summed E-state index contributed by atoms with van der Waals surface area (Å²) in [5.41, 5.74) is 3.10. The molecule has 0 spiro atoms. The van der Waals surface area contributed by atoms with Crippen LogP contribution >= 0.6 is 0 Å². The third kappa shape index (κ3) is 5.93. The molecule has 0 amide bonds. The summed E-state index contributed by atoms with van der Waals surface area (Å²) in [6.45, 7) is 3.33. The van der Waals surface area contributed by atoms with Crippen LogP contribution in [0.1, 0.15) is 26.3 Å². The second kappa shape index (κ2) is 7.26. The van der Waals surface area contributed by atoms with Crippen LogP contribution in [-0.2, 0) is 27.7 Å². The van der Waals surface area contributed by atoms with Gasteiger partial charge in [0.1, 0.15) is 0 Å².